The molecule has 0 fully saturated rings. The smallest absolute Gasteiger partial charge is 0.259 e. The summed E-state index contributed by atoms with van der Waals surface area (Å²) in [4.78, 5) is 20.2. The lowest BCUT2D eigenvalue weighted by atomic mass is 9.90. The molecule has 3 aromatic rings. The maximum Gasteiger partial charge on any atom is 0.259 e. The van der Waals surface area contributed by atoms with Gasteiger partial charge in [0.15, 0.2) is 5.82 Å². The average Bonchev–Trinajstić information content (AvgIpc) is 2.56. The topological polar surface area (TPSA) is 77.2 Å². The standard InChI is InChI=1S/C18H15BClF2N3O3/c1-9-7-23-15(20)6-14(9)25-10(2)3-12(5-16(25)26)28-18(19,27)17-13(22)4-11(21)8-24-17/h3-8,27H,19H2,1-2H3. The van der Waals surface area contributed by atoms with Gasteiger partial charge in [0.2, 0.25) is 13.5 Å². The van der Waals surface area contributed by atoms with Crippen molar-refractivity contribution in [2.75, 3.05) is 0 Å². The van der Waals surface area contributed by atoms with Crippen LogP contribution in [0.15, 0.2) is 41.5 Å². The first kappa shape index (κ1) is 20.0. The Morgan fingerprint density at radius 2 is 1.89 bits per heavy atom. The molecule has 0 aliphatic carbocycles. The molecule has 28 heavy (non-hydrogen) atoms. The van der Waals surface area contributed by atoms with Crippen LogP contribution in [0.5, 0.6) is 5.75 Å². The van der Waals surface area contributed by atoms with Crippen LogP contribution in [0, 0.1) is 25.5 Å². The molecule has 1 unspecified atom stereocenters. The summed E-state index contributed by atoms with van der Waals surface area (Å²) >= 11 is 5.93. The van der Waals surface area contributed by atoms with Crippen molar-refractivity contribution in [2.45, 2.75) is 19.5 Å². The summed E-state index contributed by atoms with van der Waals surface area (Å²) in [6.45, 7) is 3.44. The lowest BCUT2D eigenvalue weighted by Crippen LogP contribution is -2.36. The molecule has 0 aromatic carbocycles. The molecule has 144 valence electrons. The van der Waals surface area contributed by atoms with E-state index in [4.69, 9.17) is 16.3 Å². The van der Waals surface area contributed by atoms with Gasteiger partial charge in [0.25, 0.3) is 5.56 Å². The van der Waals surface area contributed by atoms with Crippen LogP contribution >= 0.6 is 11.6 Å². The highest BCUT2D eigenvalue weighted by Gasteiger charge is 2.31. The van der Waals surface area contributed by atoms with Gasteiger partial charge < -0.3 is 9.84 Å². The molecular weight excluding hydrogens is 390 g/mol. The van der Waals surface area contributed by atoms with Crippen LogP contribution in [-0.4, -0.2) is 27.5 Å². The maximum absolute atomic E-state index is 13.9. The first-order valence-corrected chi connectivity index (χ1v) is 8.55. The predicted octanol–water partition coefficient (Wildman–Crippen LogP) is 1.99. The second kappa shape index (κ2) is 7.33. The van der Waals surface area contributed by atoms with E-state index in [1.165, 1.54) is 10.6 Å². The van der Waals surface area contributed by atoms with E-state index in [1.54, 1.807) is 26.1 Å². The van der Waals surface area contributed by atoms with Crippen LogP contribution in [0.25, 0.3) is 5.69 Å². The van der Waals surface area contributed by atoms with E-state index in [-0.39, 0.29) is 10.9 Å². The molecule has 10 heteroatoms. The number of rotatable bonds is 4. The highest BCUT2D eigenvalue weighted by atomic mass is 35.5. The van der Waals surface area contributed by atoms with Gasteiger partial charge in [0.05, 0.1) is 11.9 Å². The summed E-state index contributed by atoms with van der Waals surface area (Å²) in [6.07, 6.45) is 2.30. The second-order valence-corrected chi connectivity index (χ2v) is 6.76. The van der Waals surface area contributed by atoms with Crippen LogP contribution in [0.1, 0.15) is 17.0 Å². The van der Waals surface area contributed by atoms with Crippen LogP contribution in [-0.2, 0) is 5.69 Å². The predicted molar refractivity (Wildman–Crippen MR) is 102 cm³/mol. The normalized spacial score (nSPS) is 13.2. The molecule has 0 bridgehead atoms. The van der Waals surface area contributed by atoms with E-state index in [0.717, 1.165) is 25.7 Å². The lowest BCUT2D eigenvalue weighted by Gasteiger charge is -2.25. The third kappa shape index (κ3) is 3.90. The fraction of sp³-hybridized carbons (Fsp3) is 0.167. The Bertz CT molecular complexity index is 1120. The third-order valence-electron chi connectivity index (χ3n) is 4.04. The van der Waals surface area contributed by atoms with Crippen molar-refractivity contribution in [3.05, 3.63) is 80.8 Å². The zero-order chi connectivity index (χ0) is 20.6. The molecule has 1 atom stereocenters. The van der Waals surface area contributed by atoms with Gasteiger partial charge in [-0.2, -0.15) is 0 Å². The zero-order valence-corrected chi connectivity index (χ0v) is 16.0. The molecule has 0 aliphatic rings. The summed E-state index contributed by atoms with van der Waals surface area (Å²) in [7, 11) is 1.14. The van der Waals surface area contributed by atoms with Gasteiger partial charge in [-0.1, -0.05) is 11.6 Å². The summed E-state index contributed by atoms with van der Waals surface area (Å²) in [6, 6.07) is 4.76. The third-order valence-corrected chi connectivity index (χ3v) is 4.24. The number of aliphatic hydroxyl groups is 1. The van der Waals surface area contributed by atoms with Crippen LogP contribution in [0.4, 0.5) is 8.78 Å². The highest BCUT2D eigenvalue weighted by molar-refractivity contribution is 6.29. The van der Waals surface area contributed by atoms with Crippen molar-refractivity contribution in [1.29, 1.82) is 0 Å². The number of aryl methyl sites for hydroxylation is 2. The van der Waals surface area contributed by atoms with Crippen molar-refractivity contribution < 1.29 is 18.6 Å². The molecule has 0 saturated carbocycles. The largest absolute Gasteiger partial charge is 0.465 e. The van der Waals surface area contributed by atoms with Gasteiger partial charge in [0, 0.05) is 30.1 Å². The molecule has 1 N–H and O–H groups in total. The fourth-order valence-electron chi connectivity index (χ4n) is 2.80. The monoisotopic (exact) mass is 405 g/mol. The Morgan fingerprint density at radius 3 is 2.54 bits per heavy atom. The number of aromatic nitrogens is 3. The van der Waals surface area contributed by atoms with Gasteiger partial charge >= 0.3 is 0 Å². The summed E-state index contributed by atoms with van der Waals surface area (Å²) in [5, 5.41) is 10.7. The van der Waals surface area contributed by atoms with Crippen LogP contribution in [0.3, 0.4) is 0 Å². The van der Waals surface area contributed by atoms with Crippen molar-refractivity contribution in [2.24, 2.45) is 0 Å². The first-order chi connectivity index (χ1) is 13.1. The van der Waals surface area contributed by atoms with Crippen molar-refractivity contribution in [1.82, 2.24) is 14.5 Å². The molecule has 0 aliphatic heterocycles. The lowest BCUT2D eigenvalue weighted by molar-refractivity contribution is -0.0737. The Kier molecular flexibility index (Phi) is 5.23. The van der Waals surface area contributed by atoms with Gasteiger partial charge in [-0.05, 0) is 25.5 Å². The average molecular weight is 406 g/mol. The van der Waals surface area contributed by atoms with Gasteiger partial charge in [-0.3, -0.25) is 9.36 Å². The van der Waals surface area contributed by atoms with Crippen molar-refractivity contribution in [3.63, 3.8) is 0 Å². The molecular formula is C18H15BClF2N3O3. The first-order valence-electron chi connectivity index (χ1n) is 8.17. The number of hydrogen-bond donors (Lipinski definition) is 1. The molecule has 0 spiro atoms. The van der Waals surface area contributed by atoms with Gasteiger partial charge in [-0.25, -0.2) is 18.7 Å². The highest BCUT2D eigenvalue weighted by Crippen LogP contribution is 2.25. The van der Waals surface area contributed by atoms with Crippen LogP contribution in [0.2, 0.25) is 5.15 Å². The molecule has 0 saturated heterocycles. The minimum Gasteiger partial charge on any atom is -0.465 e. The van der Waals surface area contributed by atoms with Crippen molar-refractivity contribution >= 4 is 19.4 Å². The van der Waals surface area contributed by atoms with Gasteiger partial charge in [0.1, 0.15) is 22.4 Å². The Morgan fingerprint density at radius 1 is 1.18 bits per heavy atom. The molecule has 6 nitrogen and oxygen atoms in total. The van der Waals surface area contributed by atoms with E-state index < -0.39 is 28.6 Å². The number of hydrogen-bond acceptors (Lipinski definition) is 5. The number of pyridine rings is 3. The van der Waals surface area contributed by atoms with E-state index in [2.05, 4.69) is 9.97 Å². The fourth-order valence-corrected chi connectivity index (χ4v) is 2.96. The quantitative estimate of drug-likeness (QED) is 0.408. The second-order valence-electron chi connectivity index (χ2n) is 6.37. The summed E-state index contributed by atoms with van der Waals surface area (Å²) in [5.41, 5.74) is -1.43. The zero-order valence-electron chi connectivity index (χ0n) is 15.2. The van der Waals surface area contributed by atoms with E-state index in [9.17, 15) is 18.7 Å². The molecule has 3 aromatic heterocycles. The van der Waals surface area contributed by atoms with Gasteiger partial charge in [-0.15, -0.1) is 0 Å². The van der Waals surface area contributed by atoms with E-state index in [0.29, 0.717) is 17.4 Å². The summed E-state index contributed by atoms with van der Waals surface area (Å²) < 4.78 is 33.8. The number of nitrogens with zero attached hydrogens (tertiary/aromatic N) is 3. The molecule has 3 rings (SSSR count). The number of ether oxygens (including phenoxy) is 1. The summed E-state index contributed by atoms with van der Waals surface area (Å²) in [5.74, 6) is -1.97. The minimum absolute atomic E-state index is 0.00733. The minimum atomic E-state index is -2.22. The SMILES string of the molecule is BC(O)(Oc1cc(C)n(-c2cc(Cl)ncc2C)c(=O)c1)c1ncc(F)cc1F. The molecule has 0 amide bonds. The Balaban J connectivity index is 2.01. The maximum atomic E-state index is 13.9. The Labute approximate surface area is 164 Å². The van der Waals surface area contributed by atoms with E-state index in [1.807, 2.05) is 0 Å². The number of halogens is 3. The van der Waals surface area contributed by atoms with Crippen molar-refractivity contribution in [3.8, 4) is 11.4 Å². The molecule has 0 radical (unpaired) electrons. The Hall–Kier alpha value is -2.78. The van der Waals surface area contributed by atoms with E-state index >= 15 is 0 Å². The molecule has 3 heterocycles. The van der Waals surface area contributed by atoms with Crippen LogP contribution < -0.4 is 10.3 Å².